The first-order valence-electron chi connectivity index (χ1n) is 15.9. The lowest BCUT2D eigenvalue weighted by Gasteiger charge is -2.23. The van der Waals surface area contributed by atoms with E-state index in [0.717, 1.165) is 22.9 Å². The third kappa shape index (κ3) is 7.82. The van der Waals surface area contributed by atoms with Crippen molar-refractivity contribution >= 4 is 17.6 Å². The van der Waals surface area contributed by atoms with Crippen molar-refractivity contribution in [2.24, 2.45) is 5.92 Å². The van der Waals surface area contributed by atoms with Crippen LogP contribution in [0.15, 0.2) is 78.1 Å². The Kier molecular flexibility index (Phi) is 10.1. The van der Waals surface area contributed by atoms with Crippen molar-refractivity contribution in [3.63, 3.8) is 0 Å². The van der Waals surface area contributed by atoms with E-state index in [0.29, 0.717) is 53.5 Å². The van der Waals surface area contributed by atoms with Crippen LogP contribution in [0, 0.1) is 5.92 Å². The number of halogens is 5. The van der Waals surface area contributed by atoms with E-state index in [1.807, 2.05) is 0 Å². The number of aromatic nitrogens is 6. The van der Waals surface area contributed by atoms with E-state index >= 15 is 0 Å². The number of hydrogen-bond donors (Lipinski definition) is 1. The lowest BCUT2D eigenvalue weighted by atomic mass is 9.94. The molecule has 2 atom stereocenters. The number of benzene rings is 2. The summed E-state index contributed by atoms with van der Waals surface area (Å²) < 4.78 is 77.6. The van der Waals surface area contributed by atoms with Gasteiger partial charge < -0.3 is 14.8 Å². The van der Waals surface area contributed by atoms with Crippen molar-refractivity contribution < 1.29 is 41.0 Å². The fourth-order valence-electron chi connectivity index (χ4n) is 5.93. The van der Waals surface area contributed by atoms with E-state index in [-0.39, 0.29) is 35.0 Å². The highest BCUT2D eigenvalue weighted by Crippen LogP contribution is 2.35. The molecule has 270 valence electrons. The predicted molar refractivity (Wildman–Crippen MR) is 176 cm³/mol. The van der Waals surface area contributed by atoms with Crippen LogP contribution in [-0.4, -0.2) is 55.1 Å². The number of hydrogen-bond acceptors (Lipinski definition) is 9. The fraction of sp³-hybridized carbons (Fsp3) is 0.286. The molecule has 1 N–H and O–H groups in total. The Morgan fingerprint density at radius 1 is 1.02 bits per heavy atom. The molecule has 17 heteroatoms. The number of fused-ring (bicyclic) bond motifs is 4. The number of amides is 1. The van der Waals surface area contributed by atoms with Crippen molar-refractivity contribution in [2.75, 3.05) is 12.4 Å². The monoisotopic (exact) mass is 723 g/mol. The summed E-state index contributed by atoms with van der Waals surface area (Å²) in [6.45, 7) is -1.42. The Balaban J connectivity index is 1.42. The number of methoxy groups -OCH3 is 1. The van der Waals surface area contributed by atoms with Gasteiger partial charge in [0.2, 0.25) is 5.91 Å². The number of nitrogens with zero attached hydrogens (tertiary/aromatic N) is 6. The number of alkyl halides is 5. The largest absolute Gasteiger partial charge is 0.469 e. The van der Waals surface area contributed by atoms with Crippen LogP contribution >= 0.6 is 0 Å². The second kappa shape index (κ2) is 14.7. The number of pyridine rings is 1. The number of nitrogens with one attached hydrogen (secondary N) is 1. The first-order valence-corrected chi connectivity index (χ1v) is 15.9. The van der Waals surface area contributed by atoms with E-state index in [1.165, 1.54) is 24.1 Å². The van der Waals surface area contributed by atoms with Gasteiger partial charge in [0, 0.05) is 35.0 Å². The van der Waals surface area contributed by atoms with Crippen LogP contribution in [0.5, 0.6) is 5.75 Å². The van der Waals surface area contributed by atoms with Gasteiger partial charge in [0.25, 0.3) is 5.56 Å². The zero-order valence-corrected chi connectivity index (χ0v) is 27.6. The van der Waals surface area contributed by atoms with Gasteiger partial charge in [-0.05, 0) is 60.4 Å². The van der Waals surface area contributed by atoms with Gasteiger partial charge in [0.1, 0.15) is 5.75 Å². The highest BCUT2D eigenvalue weighted by Gasteiger charge is 2.35. The summed E-state index contributed by atoms with van der Waals surface area (Å²) in [6, 6.07) is 12.7. The van der Waals surface area contributed by atoms with Crippen LogP contribution in [-0.2, 0) is 26.9 Å². The maximum Gasteiger partial charge on any atom is 0.436 e. The van der Waals surface area contributed by atoms with Crippen molar-refractivity contribution in [1.82, 2.24) is 29.5 Å². The number of carbonyl (C=O) groups excluding carboxylic acids is 2. The molecule has 12 nitrogen and oxygen atoms in total. The van der Waals surface area contributed by atoms with E-state index in [2.05, 4.69) is 30.3 Å². The Morgan fingerprint density at radius 2 is 1.83 bits per heavy atom. The molecule has 0 spiro atoms. The summed E-state index contributed by atoms with van der Waals surface area (Å²) in [5.74, 6) is -1.41. The summed E-state index contributed by atoms with van der Waals surface area (Å²) in [5.41, 5.74) is 0.972. The van der Waals surface area contributed by atoms with E-state index < -0.39 is 42.0 Å². The lowest BCUT2D eigenvalue weighted by Crippen LogP contribution is -2.27. The van der Waals surface area contributed by atoms with Gasteiger partial charge in [-0.3, -0.25) is 23.9 Å². The predicted octanol–water partition coefficient (Wildman–Crippen LogP) is 6.24. The summed E-state index contributed by atoms with van der Waals surface area (Å²) >= 11 is 0. The summed E-state index contributed by atoms with van der Waals surface area (Å²) in [6.07, 6.45) is -0.0232. The second-order valence-corrected chi connectivity index (χ2v) is 12.1. The quantitative estimate of drug-likeness (QED) is 0.153. The molecule has 0 saturated heterocycles. The molecule has 4 heterocycles. The molecule has 2 aromatic carbocycles. The molecule has 1 aliphatic heterocycles. The standard InChI is InChI=1S/C35H30F5N7O5/c1-19-4-3-5-29(27-14-21(10-11-41-27)23-8-6-20(13-32(49)51-2)12-26(23)43-33(19)50)46-18-42-25(16-31(46)48)24-15-22(52-34(36)37)7-9-28(24)47-17-30(44-45-47)35(38,39)40/h6-12,14-19,29,34H,3-5,13H2,1-2H3,(H,43,50)/t19-,29+/m1/s1. The second-order valence-electron chi connectivity index (χ2n) is 12.1. The average molecular weight is 724 g/mol. The number of rotatable bonds is 7. The summed E-state index contributed by atoms with van der Waals surface area (Å²) in [4.78, 5) is 48.1. The fourth-order valence-corrected chi connectivity index (χ4v) is 5.93. The average Bonchev–Trinajstić information content (AvgIpc) is 3.61. The van der Waals surface area contributed by atoms with Crippen LogP contribution in [0.4, 0.5) is 27.6 Å². The third-order valence-corrected chi connectivity index (χ3v) is 8.59. The number of ether oxygens (including phenoxy) is 2. The highest BCUT2D eigenvalue weighted by molar-refractivity contribution is 5.97. The Labute approximate surface area is 292 Å². The molecule has 0 fully saturated rings. The highest BCUT2D eigenvalue weighted by atomic mass is 19.4. The van der Waals surface area contributed by atoms with Crippen molar-refractivity contribution in [3.05, 3.63) is 101 Å². The molecule has 3 aromatic heterocycles. The van der Waals surface area contributed by atoms with E-state index in [1.54, 1.807) is 43.5 Å². The Morgan fingerprint density at radius 3 is 2.54 bits per heavy atom. The van der Waals surface area contributed by atoms with E-state index in [9.17, 15) is 36.3 Å². The first-order chi connectivity index (χ1) is 24.8. The molecule has 2 bridgehead atoms. The topological polar surface area (TPSA) is 143 Å². The Bertz CT molecular complexity index is 2190. The van der Waals surface area contributed by atoms with Gasteiger partial charge in [-0.15, -0.1) is 5.10 Å². The van der Waals surface area contributed by atoms with Gasteiger partial charge in [0.15, 0.2) is 5.69 Å². The van der Waals surface area contributed by atoms with Gasteiger partial charge in [-0.2, -0.15) is 22.0 Å². The third-order valence-electron chi connectivity index (χ3n) is 8.59. The Hall–Kier alpha value is -6.00. The van der Waals surface area contributed by atoms with Crippen molar-refractivity contribution in [1.29, 1.82) is 0 Å². The molecule has 0 unspecified atom stereocenters. The first kappa shape index (κ1) is 35.8. The smallest absolute Gasteiger partial charge is 0.436 e. The van der Waals surface area contributed by atoms with E-state index in [4.69, 9.17) is 4.74 Å². The molecule has 0 saturated carbocycles. The molecule has 1 amide bonds. The minimum Gasteiger partial charge on any atom is -0.469 e. The lowest BCUT2D eigenvalue weighted by molar-refractivity contribution is -0.141. The molecule has 6 rings (SSSR count). The molecule has 0 aliphatic carbocycles. The molecular formula is C35H30F5N7O5. The van der Waals surface area contributed by atoms with Gasteiger partial charge in [-0.1, -0.05) is 30.7 Å². The maximum absolute atomic E-state index is 13.9. The van der Waals surface area contributed by atoms with Crippen LogP contribution in [0.1, 0.15) is 49.2 Å². The maximum atomic E-state index is 13.9. The van der Waals surface area contributed by atoms with Gasteiger partial charge >= 0.3 is 18.8 Å². The zero-order valence-electron chi connectivity index (χ0n) is 27.6. The number of esters is 1. The number of anilines is 1. The minimum absolute atomic E-state index is 0.00322. The SMILES string of the molecule is COC(=O)Cc1ccc2c(c1)NC(=O)[C@H](C)CCC[C@H](n1cnc(-c3cc(OC(F)F)ccc3-n3cc(C(F)(F)F)nn3)cc1=O)c1cc-2ccn1. The minimum atomic E-state index is -4.80. The van der Waals surface area contributed by atoms with Crippen LogP contribution < -0.4 is 15.6 Å². The van der Waals surface area contributed by atoms with Crippen molar-refractivity contribution in [3.8, 4) is 33.8 Å². The molecule has 52 heavy (non-hydrogen) atoms. The van der Waals surface area contributed by atoms with Crippen LogP contribution in [0.3, 0.4) is 0 Å². The molecular weight excluding hydrogens is 693 g/mol. The zero-order chi connectivity index (χ0) is 37.2. The molecule has 5 aromatic rings. The molecule has 0 radical (unpaired) electrons. The molecule has 1 aliphatic rings. The normalized spacial score (nSPS) is 16.3. The summed E-state index contributed by atoms with van der Waals surface area (Å²) in [7, 11) is 1.29. The van der Waals surface area contributed by atoms with Gasteiger partial charge in [-0.25, -0.2) is 9.67 Å². The van der Waals surface area contributed by atoms with Crippen LogP contribution in [0.25, 0.3) is 28.1 Å². The number of carbonyl (C=O) groups is 2. The van der Waals surface area contributed by atoms with Crippen LogP contribution in [0.2, 0.25) is 0 Å². The van der Waals surface area contributed by atoms with Crippen molar-refractivity contribution in [2.45, 2.75) is 51.4 Å². The summed E-state index contributed by atoms with van der Waals surface area (Å²) in [5, 5.41) is 9.70. The van der Waals surface area contributed by atoms with Gasteiger partial charge in [0.05, 0.1) is 49.2 Å².